The van der Waals surface area contributed by atoms with Crippen LogP contribution < -0.4 is 5.32 Å². The van der Waals surface area contributed by atoms with Crippen LogP contribution in [0.25, 0.3) is 5.69 Å². The lowest BCUT2D eigenvalue weighted by atomic mass is 10.0. The molecule has 3 aromatic rings. The van der Waals surface area contributed by atoms with Gasteiger partial charge in [0.15, 0.2) is 0 Å². The number of para-hydroxylation sites is 1. The Labute approximate surface area is 154 Å². The zero-order valence-corrected chi connectivity index (χ0v) is 15.1. The summed E-state index contributed by atoms with van der Waals surface area (Å²) in [5.41, 5.74) is 3.26. The third-order valence-corrected chi connectivity index (χ3v) is 4.41. The first-order valence-electron chi connectivity index (χ1n) is 9.19. The molecule has 1 unspecified atom stereocenters. The molecule has 26 heavy (non-hydrogen) atoms. The number of aryl methyl sites for hydroxylation is 1. The molecule has 0 bridgehead atoms. The quantitative estimate of drug-likeness (QED) is 0.654. The second kappa shape index (κ2) is 8.99. The Balaban J connectivity index is 1.56. The topological polar surface area (TPSA) is 46.9 Å². The van der Waals surface area contributed by atoms with Crippen molar-refractivity contribution in [2.75, 3.05) is 0 Å². The highest BCUT2D eigenvalue weighted by molar-refractivity contribution is 5.76. The van der Waals surface area contributed by atoms with Gasteiger partial charge in [0, 0.05) is 12.6 Å². The summed E-state index contributed by atoms with van der Waals surface area (Å²) in [6.07, 6.45) is 6.95. The van der Waals surface area contributed by atoms with E-state index in [9.17, 15) is 4.79 Å². The number of benzene rings is 2. The summed E-state index contributed by atoms with van der Waals surface area (Å²) in [6.45, 7) is 2.14. The number of rotatable bonds is 8. The van der Waals surface area contributed by atoms with Gasteiger partial charge >= 0.3 is 0 Å². The van der Waals surface area contributed by atoms with E-state index < -0.39 is 0 Å². The highest BCUT2D eigenvalue weighted by Gasteiger charge is 2.13. The van der Waals surface area contributed by atoms with Crippen LogP contribution >= 0.6 is 0 Å². The van der Waals surface area contributed by atoms with E-state index in [0.717, 1.165) is 24.1 Å². The van der Waals surface area contributed by atoms with E-state index in [4.69, 9.17) is 0 Å². The summed E-state index contributed by atoms with van der Waals surface area (Å²) >= 11 is 0. The van der Waals surface area contributed by atoms with Gasteiger partial charge in [-0.15, -0.1) is 0 Å². The predicted molar refractivity (Wildman–Crippen MR) is 104 cm³/mol. The largest absolute Gasteiger partial charge is 0.349 e. The summed E-state index contributed by atoms with van der Waals surface area (Å²) < 4.78 is 1.84. The average Bonchev–Trinajstić information content (AvgIpc) is 3.17. The van der Waals surface area contributed by atoms with Crippen LogP contribution in [-0.2, 0) is 11.2 Å². The second-order valence-electron chi connectivity index (χ2n) is 6.45. The van der Waals surface area contributed by atoms with Gasteiger partial charge in [0.1, 0.15) is 0 Å². The van der Waals surface area contributed by atoms with Gasteiger partial charge in [0.05, 0.1) is 17.9 Å². The molecule has 1 amide bonds. The van der Waals surface area contributed by atoms with Crippen molar-refractivity contribution in [2.24, 2.45) is 0 Å². The van der Waals surface area contributed by atoms with Crippen molar-refractivity contribution >= 4 is 5.91 Å². The molecule has 1 aromatic heterocycles. The summed E-state index contributed by atoms with van der Waals surface area (Å²) in [6, 6.07) is 20.2. The van der Waals surface area contributed by atoms with E-state index >= 15 is 0 Å². The molecule has 1 atom stereocenters. The Kier molecular flexibility index (Phi) is 6.20. The molecule has 4 heteroatoms. The van der Waals surface area contributed by atoms with Crippen molar-refractivity contribution in [3.05, 3.63) is 84.2 Å². The van der Waals surface area contributed by atoms with Crippen molar-refractivity contribution in [3.63, 3.8) is 0 Å². The minimum Gasteiger partial charge on any atom is -0.349 e. The Morgan fingerprint density at radius 3 is 2.46 bits per heavy atom. The maximum atomic E-state index is 12.4. The SMILES string of the molecule is CCCC(NC(=O)CCc1cnn(-c2ccccc2)c1)c1ccccc1. The number of hydrogen-bond donors (Lipinski definition) is 1. The third-order valence-electron chi connectivity index (χ3n) is 4.41. The van der Waals surface area contributed by atoms with Crippen molar-refractivity contribution in [3.8, 4) is 5.69 Å². The van der Waals surface area contributed by atoms with Crippen LogP contribution in [0.5, 0.6) is 0 Å². The van der Waals surface area contributed by atoms with E-state index in [1.807, 2.05) is 65.6 Å². The molecule has 4 nitrogen and oxygen atoms in total. The first-order chi connectivity index (χ1) is 12.8. The van der Waals surface area contributed by atoms with Gasteiger partial charge in [-0.1, -0.05) is 61.9 Å². The van der Waals surface area contributed by atoms with Gasteiger partial charge in [0.25, 0.3) is 0 Å². The Bertz CT molecular complexity index is 812. The lowest BCUT2D eigenvalue weighted by molar-refractivity contribution is -0.121. The summed E-state index contributed by atoms with van der Waals surface area (Å²) in [4.78, 5) is 12.4. The van der Waals surface area contributed by atoms with Gasteiger partial charge in [-0.25, -0.2) is 4.68 Å². The molecule has 1 heterocycles. The van der Waals surface area contributed by atoms with Crippen LogP contribution in [0.2, 0.25) is 0 Å². The Morgan fingerprint density at radius 2 is 1.77 bits per heavy atom. The van der Waals surface area contributed by atoms with E-state index in [-0.39, 0.29) is 11.9 Å². The molecule has 0 saturated heterocycles. The lowest BCUT2D eigenvalue weighted by Crippen LogP contribution is -2.28. The van der Waals surface area contributed by atoms with Crippen molar-refractivity contribution in [1.29, 1.82) is 0 Å². The molecule has 0 radical (unpaired) electrons. The van der Waals surface area contributed by atoms with Crippen LogP contribution in [0.3, 0.4) is 0 Å². The molecule has 0 aliphatic heterocycles. The van der Waals surface area contributed by atoms with Crippen molar-refractivity contribution in [1.82, 2.24) is 15.1 Å². The number of carbonyl (C=O) groups is 1. The fraction of sp³-hybridized carbons (Fsp3) is 0.273. The molecule has 2 aromatic carbocycles. The molecule has 0 saturated carbocycles. The standard InChI is InChI=1S/C22H25N3O/c1-2-9-21(19-10-5-3-6-11-19)24-22(26)15-14-18-16-23-25(17-18)20-12-7-4-8-13-20/h3-8,10-13,16-17,21H,2,9,14-15H2,1H3,(H,24,26). The van der Waals surface area contributed by atoms with Gasteiger partial charge in [-0.05, 0) is 36.1 Å². The average molecular weight is 347 g/mol. The van der Waals surface area contributed by atoms with E-state index in [2.05, 4.69) is 29.5 Å². The number of nitrogens with zero attached hydrogens (tertiary/aromatic N) is 2. The Hall–Kier alpha value is -2.88. The maximum Gasteiger partial charge on any atom is 0.220 e. The molecule has 0 spiro atoms. The molecular formula is C22H25N3O. The van der Waals surface area contributed by atoms with Gasteiger partial charge in [0.2, 0.25) is 5.91 Å². The summed E-state index contributed by atoms with van der Waals surface area (Å²) in [7, 11) is 0. The minimum absolute atomic E-state index is 0.0831. The first kappa shape index (κ1) is 17.9. The molecule has 134 valence electrons. The van der Waals surface area contributed by atoms with Crippen LogP contribution in [0.4, 0.5) is 0 Å². The lowest BCUT2D eigenvalue weighted by Gasteiger charge is -2.18. The van der Waals surface area contributed by atoms with Gasteiger partial charge in [-0.2, -0.15) is 5.10 Å². The number of hydrogen-bond acceptors (Lipinski definition) is 2. The van der Waals surface area contributed by atoms with Crippen LogP contribution in [-0.4, -0.2) is 15.7 Å². The number of carbonyl (C=O) groups excluding carboxylic acids is 1. The van der Waals surface area contributed by atoms with E-state index in [0.29, 0.717) is 12.8 Å². The van der Waals surface area contributed by atoms with Crippen molar-refractivity contribution in [2.45, 2.75) is 38.6 Å². The fourth-order valence-electron chi connectivity index (χ4n) is 3.03. The number of aromatic nitrogens is 2. The van der Waals surface area contributed by atoms with Crippen molar-refractivity contribution < 1.29 is 4.79 Å². The number of amides is 1. The molecule has 0 aliphatic rings. The molecule has 3 rings (SSSR count). The van der Waals surface area contributed by atoms with E-state index in [1.165, 1.54) is 5.56 Å². The zero-order chi connectivity index (χ0) is 18.2. The highest BCUT2D eigenvalue weighted by Crippen LogP contribution is 2.18. The van der Waals surface area contributed by atoms with Gasteiger partial charge in [-0.3, -0.25) is 4.79 Å². The van der Waals surface area contributed by atoms with Crippen LogP contribution in [0, 0.1) is 0 Å². The second-order valence-corrected chi connectivity index (χ2v) is 6.45. The molecule has 0 fully saturated rings. The smallest absolute Gasteiger partial charge is 0.220 e. The highest BCUT2D eigenvalue weighted by atomic mass is 16.1. The van der Waals surface area contributed by atoms with E-state index in [1.54, 1.807) is 0 Å². The molecular weight excluding hydrogens is 322 g/mol. The fourth-order valence-corrected chi connectivity index (χ4v) is 3.03. The number of nitrogens with one attached hydrogen (secondary N) is 1. The summed E-state index contributed by atoms with van der Waals surface area (Å²) in [5, 5.41) is 7.56. The molecule has 1 N–H and O–H groups in total. The molecule has 0 aliphatic carbocycles. The zero-order valence-electron chi connectivity index (χ0n) is 15.1. The monoisotopic (exact) mass is 347 g/mol. The first-order valence-corrected chi connectivity index (χ1v) is 9.19. The minimum atomic E-state index is 0.0831. The van der Waals surface area contributed by atoms with Crippen LogP contribution in [0.15, 0.2) is 73.1 Å². The normalized spacial score (nSPS) is 11.9. The Morgan fingerprint density at radius 1 is 1.08 bits per heavy atom. The maximum absolute atomic E-state index is 12.4. The summed E-state index contributed by atoms with van der Waals surface area (Å²) in [5.74, 6) is 0.0831. The van der Waals surface area contributed by atoms with Crippen LogP contribution in [0.1, 0.15) is 43.4 Å². The van der Waals surface area contributed by atoms with Gasteiger partial charge < -0.3 is 5.32 Å². The third kappa shape index (κ3) is 4.82. The predicted octanol–water partition coefficient (Wildman–Crippen LogP) is 4.46.